The van der Waals surface area contributed by atoms with E-state index in [1.165, 1.54) is 16.0 Å². The van der Waals surface area contributed by atoms with Crippen molar-refractivity contribution in [2.75, 3.05) is 5.73 Å². The summed E-state index contributed by atoms with van der Waals surface area (Å²) in [6, 6.07) is 5.92. The van der Waals surface area contributed by atoms with Gasteiger partial charge < -0.3 is 10.5 Å². The van der Waals surface area contributed by atoms with E-state index in [0.29, 0.717) is 6.42 Å². The summed E-state index contributed by atoms with van der Waals surface area (Å²) >= 11 is 1.65. The number of nitrogen functional groups attached to an aromatic ring is 1. The third-order valence-electron chi connectivity index (χ3n) is 2.21. The molecular formula is C11H11NOS. The Bertz CT molecular complexity index is 398. The van der Waals surface area contributed by atoms with Gasteiger partial charge in [-0.15, -0.1) is 0 Å². The molecule has 72 valence electrons. The predicted octanol–water partition coefficient (Wildman–Crippen LogP) is 2.39. The highest BCUT2D eigenvalue weighted by atomic mass is 32.2. The van der Waals surface area contributed by atoms with Crippen molar-refractivity contribution in [3.8, 4) is 0 Å². The monoisotopic (exact) mass is 205 g/mol. The number of hydrogen-bond acceptors (Lipinski definition) is 3. The van der Waals surface area contributed by atoms with E-state index in [1.54, 1.807) is 11.8 Å². The molecule has 0 aliphatic carbocycles. The maximum atomic E-state index is 10.4. The molecule has 0 bridgehead atoms. The lowest BCUT2D eigenvalue weighted by molar-refractivity contribution is -0.107. The second kappa shape index (κ2) is 3.88. The molecule has 2 rings (SSSR count). The molecule has 1 aliphatic rings. The lowest BCUT2D eigenvalue weighted by Gasteiger charge is -2.15. The van der Waals surface area contributed by atoms with Crippen LogP contribution in [-0.2, 0) is 11.2 Å². The quantitative estimate of drug-likeness (QED) is 0.595. The molecule has 2 N–H and O–H groups in total. The molecule has 0 saturated heterocycles. The molecule has 0 fully saturated rings. The van der Waals surface area contributed by atoms with Crippen LogP contribution in [0.4, 0.5) is 5.69 Å². The zero-order chi connectivity index (χ0) is 9.97. The van der Waals surface area contributed by atoms with Gasteiger partial charge >= 0.3 is 0 Å². The van der Waals surface area contributed by atoms with E-state index < -0.39 is 0 Å². The first-order chi connectivity index (χ1) is 6.79. The minimum atomic E-state index is 0.539. The number of aldehydes is 1. The highest BCUT2D eigenvalue weighted by Gasteiger charge is 2.11. The van der Waals surface area contributed by atoms with Gasteiger partial charge in [0.05, 0.1) is 0 Å². The third kappa shape index (κ3) is 1.82. The number of carbonyl (C=O) groups excluding carboxylic acids is 1. The molecule has 0 unspecified atom stereocenters. The maximum absolute atomic E-state index is 10.4. The van der Waals surface area contributed by atoms with Crippen molar-refractivity contribution in [1.82, 2.24) is 0 Å². The number of nitrogens with two attached hydrogens (primary N) is 1. The zero-order valence-corrected chi connectivity index (χ0v) is 8.51. The largest absolute Gasteiger partial charge is 0.399 e. The number of allylic oxidation sites excluding steroid dienone is 1. The first-order valence-corrected chi connectivity index (χ1v) is 5.34. The van der Waals surface area contributed by atoms with Gasteiger partial charge in [0.2, 0.25) is 0 Å². The molecule has 1 heterocycles. The van der Waals surface area contributed by atoms with Gasteiger partial charge in [0.15, 0.2) is 0 Å². The molecule has 2 nitrogen and oxygen atoms in total. The average molecular weight is 205 g/mol. The Labute approximate surface area is 87.2 Å². The number of hydrogen-bond donors (Lipinski definition) is 1. The Balaban J connectivity index is 2.25. The van der Waals surface area contributed by atoms with Crippen molar-refractivity contribution in [2.45, 2.75) is 17.7 Å². The van der Waals surface area contributed by atoms with E-state index in [9.17, 15) is 4.79 Å². The summed E-state index contributed by atoms with van der Waals surface area (Å²) in [4.78, 5) is 11.6. The minimum Gasteiger partial charge on any atom is -0.399 e. The van der Waals surface area contributed by atoms with Crippen LogP contribution in [0.25, 0.3) is 0 Å². The van der Waals surface area contributed by atoms with E-state index in [2.05, 4.69) is 5.41 Å². The van der Waals surface area contributed by atoms with E-state index >= 15 is 0 Å². The van der Waals surface area contributed by atoms with Crippen LogP contribution in [0.1, 0.15) is 12.0 Å². The fraction of sp³-hybridized carbons (Fsp3) is 0.182. The zero-order valence-electron chi connectivity index (χ0n) is 7.69. The van der Waals surface area contributed by atoms with Gasteiger partial charge in [0.25, 0.3) is 0 Å². The summed E-state index contributed by atoms with van der Waals surface area (Å²) in [6.07, 6.45) is 2.37. The summed E-state index contributed by atoms with van der Waals surface area (Å²) in [5.41, 5.74) is 8.93. The number of benzene rings is 1. The van der Waals surface area contributed by atoms with Gasteiger partial charge in [0, 0.05) is 17.0 Å². The number of fused-ring (bicyclic) bond motifs is 1. The summed E-state index contributed by atoms with van der Waals surface area (Å²) in [5.74, 6) is 0. The summed E-state index contributed by atoms with van der Waals surface area (Å²) in [7, 11) is 0. The van der Waals surface area contributed by atoms with Crippen molar-refractivity contribution in [3.63, 3.8) is 0 Å². The second-order valence-corrected chi connectivity index (χ2v) is 4.22. The van der Waals surface area contributed by atoms with Crippen molar-refractivity contribution in [3.05, 3.63) is 34.7 Å². The van der Waals surface area contributed by atoms with E-state index in [1.807, 2.05) is 18.2 Å². The third-order valence-corrected chi connectivity index (χ3v) is 3.29. The lowest BCUT2D eigenvalue weighted by atomic mass is 10.0. The Morgan fingerprint density at radius 2 is 2.36 bits per heavy atom. The van der Waals surface area contributed by atoms with Gasteiger partial charge in [-0.2, -0.15) is 0 Å². The molecule has 1 aromatic carbocycles. The fourth-order valence-electron chi connectivity index (χ4n) is 1.49. The summed E-state index contributed by atoms with van der Waals surface area (Å²) < 4.78 is 0. The Kier molecular flexibility index (Phi) is 2.59. The predicted molar refractivity (Wildman–Crippen MR) is 59.2 cm³/mol. The summed E-state index contributed by atoms with van der Waals surface area (Å²) in [6.45, 7) is 0. The van der Waals surface area contributed by atoms with Gasteiger partial charge in [-0.1, -0.05) is 23.4 Å². The number of thioether (sulfide) groups is 1. The van der Waals surface area contributed by atoms with Crippen LogP contribution < -0.4 is 5.73 Å². The van der Waals surface area contributed by atoms with Crippen LogP contribution >= 0.6 is 11.8 Å². The van der Waals surface area contributed by atoms with Crippen LogP contribution in [0.5, 0.6) is 0 Å². The van der Waals surface area contributed by atoms with Crippen LogP contribution in [0.15, 0.2) is 34.1 Å². The molecule has 3 heteroatoms. The van der Waals surface area contributed by atoms with E-state index in [-0.39, 0.29) is 0 Å². The van der Waals surface area contributed by atoms with Crippen LogP contribution in [-0.4, -0.2) is 6.29 Å². The van der Waals surface area contributed by atoms with Gasteiger partial charge in [0.1, 0.15) is 6.29 Å². The normalized spacial score (nSPS) is 14.4. The topological polar surface area (TPSA) is 43.1 Å². The van der Waals surface area contributed by atoms with Gasteiger partial charge in [-0.3, -0.25) is 0 Å². The van der Waals surface area contributed by atoms with Crippen molar-refractivity contribution < 1.29 is 4.79 Å². The van der Waals surface area contributed by atoms with Crippen LogP contribution in [0, 0.1) is 0 Å². The standard InChI is InChI=1S/C11H11NOS/c12-10-2-1-9-5-8(3-4-13)7-14-11(9)6-10/h1-2,4,6-7H,3,5,12H2. The average Bonchev–Trinajstić information content (AvgIpc) is 2.19. The molecule has 1 aliphatic heterocycles. The molecule has 0 amide bonds. The molecule has 0 radical (unpaired) electrons. The number of rotatable bonds is 2. The Hall–Kier alpha value is -1.22. The van der Waals surface area contributed by atoms with E-state index in [0.717, 1.165) is 18.4 Å². The molecule has 0 saturated carbocycles. The van der Waals surface area contributed by atoms with Crippen LogP contribution in [0.2, 0.25) is 0 Å². The second-order valence-electron chi connectivity index (χ2n) is 3.31. The molecular weight excluding hydrogens is 194 g/mol. The van der Waals surface area contributed by atoms with Crippen LogP contribution in [0.3, 0.4) is 0 Å². The minimum absolute atomic E-state index is 0.539. The number of carbonyl (C=O) groups is 1. The maximum Gasteiger partial charge on any atom is 0.124 e. The molecule has 14 heavy (non-hydrogen) atoms. The van der Waals surface area contributed by atoms with Crippen molar-refractivity contribution in [2.24, 2.45) is 0 Å². The fourth-order valence-corrected chi connectivity index (χ4v) is 2.46. The molecule has 0 spiro atoms. The highest BCUT2D eigenvalue weighted by Crippen LogP contribution is 2.34. The Morgan fingerprint density at radius 1 is 1.50 bits per heavy atom. The SMILES string of the molecule is Nc1ccc2c(c1)SC=C(CC=O)C2. The summed E-state index contributed by atoms with van der Waals surface area (Å²) in [5, 5.41) is 2.05. The first kappa shape index (κ1) is 9.34. The Morgan fingerprint density at radius 3 is 3.14 bits per heavy atom. The number of anilines is 1. The molecule has 1 aromatic rings. The molecule has 0 aromatic heterocycles. The lowest BCUT2D eigenvalue weighted by Crippen LogP contribution is -1.99. The van der Waals surface area contributed by atoms with Crippen molar-refractivity contribution >= 4 is 23.7 Å². The first-order valence-electron chi connectivity index (χ1n) is 4.46. The van der Waals surface area contributed by atoms with E-state index in [4.69, 9.17) is 5.73 Å². The van der Waals surface area contributed by atoms with Crippen molar-refractivity contribution in [1.29, 1.82) is 0 Å². The highest BCUT2D eigenvalue weighted by molar-refractivity contribution is 8.02. The van der Waals surface area contributed by atoms with Gasteiger partial charge in [-0.05, 0) is 29.5 Å². The van der Waals surface area contributed by atoms with Gasteiger partial charge in [-0.25, -0.2) is 0 Å². The smallest absolute Gasteiger partial charge is 0.124 e. The molecule has 0 atom stereocenters.